The number of hydrogen-bond donors (Lipinski definition) is 1. The predicted molar refractivity (Wildman–Crippen MR) is 122 cm³/mol. The summed E-state index contributed by atoms with van der Waals surface area (Å²) >= 11 is 0. The van der Waals surface area contributed by atoms with E-state index >= 15 is 0 Å². The summed E-state index contributed by atoms with van der Waals surface area (Å²) in [6.45, 7) is 3.89. The second-order valence-electron chi connectivity index (χ2n) is 8.83. The van der Waals surface area contributed by atoms with Crippen LogP contribution in [0.3, 0.4) is 0 Å². The molecule has 0 saturated carbocycles. The van der Waals surface area contributed by atoms with Gasteiger partial charge in [0.05, 0.1) is 0 Å². The van der Waals surface area contributed by atoms with Gasteiger partial charge < -0.3 is 10.2 Å². The highest BCUT2D eigenvalue weighted by molar-refractivity contribution is 7.85. The molecule has 0 spiro atoms. The third kappa shape index (κ3) is 5.93. The van der Waals surface area contributed by atoms with Crippen LogP contribution in [-0.4, -0.2) is 50.6 Å². The molecule has 5 nitrogen and oxygen atoms in total. The van der Waals surface area contributed by atoms with Crippen molar-refractivity contribution in [2.75, 3.05) is 11.5 Å². The van der Waals surface area contributed by atoms with E-state index in [0.29, 0.717) is 17.9 Å². The van der Waals surface area contributed by atoms with E-state index in [2.05, 4.69) is 17.4 Å². The highest BCUT2D eigenvalue weighted by Crippen LogP contribution is 2.31. The lowest BCUT2D eigenvalue weighted by atomic mass is 9.98. The van der Waals surface area contributed by atoms with Gasteiger partial charge in [0.15, 0.2) is 0 Å². The summed E-state index contributed by atoms with van der Waals surface area (Å²) in [7, 11) is -0.962. The van der Waals surface area contributed by atoms with E-state index in [0.717, 1.165) is 44.9 Å². The fourth-order valence-corrected chi connectivity index (χ4v) is 5.99. The Hall–Kier alpha value is -1.69. The van der Waals surface area contributed by atoms with Crippen LogP contribution in [0.4, 0.5) is 0 Å². The Morgan fingerprint density at radius 2 is 1.90 bits per heavy atom. The topological polar surface area (TPSA) is 66.5 Å². The van der Waals surface area contributed by atoms with Gasteiger partial charge in [-0.05, 0) is 44.1 Å². The quantitative estimate of drug-likeness (QED) is 0.684. The number of aryl methyl sites for hydroxylation is 1. The Balaban J connectivity index is 1.62. The van der Waals surface area contributed by atoms with Crippen LogP contribution in [-0.2, 0) is 26.8 Å². The first-order valence-electron chi connectivity index (χ1n) is 11.5. The molecule has 2 aliphatic rings. The summed E-state index contributed by atoms with van der Waals surface area (Å²) < 4.78 is 12.8. The van der Waals surface area contributed by atoms with Crippen molar-refractivity contribution in [1.29, 1.82) is 0 Å². The molecule has 0 aliphatic carbocycles. The van der Waals surface area contributed by atoms with Crippen molar-refractivity contribution in [1.82, 2.24) is 10.2 Å². The van der Waals surface area contributed by atoms with Gasteiger partial charge in [0.25, 0.3) is 0 Å². The number of carbonyl (C=O) groups is 2. The van der Waals surface area contributed by atoms with Gasteiger partial charge in [-0.2, -0.15) is 0 Å². The Bertz CT molecular complexity index is 739. The first-order valence-corrected chi connectivity index (χ1v) is 13.0. The van der Waals surface area contributed by atoms with Gasteiger partial charge in [0.1, 0.15) is 6.04 Å². The Morgan fingerprint density at radius 1 is 1.17 bits per heavy atom. The number of nitrogens with zero attached hydrogens (tertiary/aromatic N) is 1. The number of nitrogens with one attached hydrogen (secondary N) is 1. The lowest BCUT2D eigenvalue weighted by Crippen LogP contribution is -2.54. The SMILES string of the molecule is CCC(C)C(=O)N[C@H]1CCCC[C@H]2CC[C@@H](CS(=O)CCc3ccccc3)N2C1=O. The molecule has 2 unspecified atom stereocenters. The second kappa shape index (κ2) is 11.1. The predicted octanol–water partition coefficient (Wildman–Crippen LogP) is 3.44. The first-order chi connectivity index (χ1) is 14.5. The molecule has 0 aromatic heterocycles. The zero-order valence-electron chi connectivity index (χ0n) is 18.3. The van der Waals surface area contributed by atoms with Crippen molar-refractivity contribution in [2.24, 2.45) is 5.92 Å². The maximum absolute atomic E-state index is 13.4. The monoisotopic (exact) mass is 432 g/mol. The number of carbonyl (C=O) groups excluding carboxylic acids is 2. The van der Waals surface area contributed by atoms with Crippen LogP contribution in [0.2, 0.25) is 0 Å². The number of amides is 2. The molecular formula is C24H36N2O3S. The smallest absolute Gasteiger partial charge is 0.245 e. The average molecular weight is 433 g/mol. The Kier molecular flexibility index (Phi) is 8.49. The van der Waals surface area contributed by atoms with Crippen LogP contribution in [0.1, 0.15) is 64.4 Å². The average Bonchev–Trinajstić information content (AvgIpc) is 3.14. The zero-order valence-corrected chi connectivity index (χ0v) is 19.2. The molecular weight excluding hydrogens is 396 g/mol. The van der Waals surface area contributed by atoms with Crippen LogP contribution in [0.5, 0.6) is 0 Å². The minimum Gasteiger partial charge on any atom is -0.344 e. The summed E-state index contributed by atoms with van der Waals surface area (Å²) in [5.41, 5.74) is 1.20. The van der Waals surface area contributed by atoms with Crippen molar-refractivity contribution in [2.45, 2.75) is 83.3 Å². The fourth-order valence-electron chi connectivity index (χ4n) is 4.61. The summed E-state index contributed by atoms with van der Waals surface area (Å²) in [6, 6.07) is 9.96. The third-order valence-electron chi connectivity index (χ3n) is 6.67. The van der Waals surface area contributed by atoms with E-state index in [1.807, 2.05) is 36.9 Å². The van der Waals surface area contributed by atoms with E-state index in [1.54, 1.807) is 0 Å². The van der Waals surface area contributed by atoms with Gasteiger partial charge in [0, 0.05) is 40.3 Å². The van der Waals surface area contributed by atoms with Crippen LogP contribution in [0, 0.1) is 5.92 Å². The lowest BCUT2D eigenvalue weighted by molar-refractivity contribution is -0.140. The van der Waals surface area contributed by atoms with Crippen molar-refractivity contribution in [3.8, 4) is 0 Å². The summed E-state index contributed by atoms with van der Waals surface area (Å²) in [5.74, 6) is 1.09. The highest BCUT2D eigenvalue weighted by Gasteiger charge is 2.41. The minimum atomic E-state index is -0.962. The minimum absolute atomic E-state index is 0.0280. The number of hydrogen-bond acceptors (Lipinski definition) is 3. The molecule has 1 aromatic rings. The molecule has 2 aliphatic heterocycles. The summed E-state index contributed by atoms with van der Waals surface area (Å²) in [6.07, 6.45) is 7.23. The highest BCUT2D eigenvalue weighted by atomic mass is 32.2. The number of fused-ring (bicyclic) bond motifs is 1. The van der Waals surface area contributed by atoms with Gasteiger partial charge in [-0.3, -0.25) is 13.8 Å². The van der Waals surface area contributed by atoms with Gasteiger partial charge in [-0.15, -0.1) is 0 Å². The second-order valence-corrected chi connectivity index (χ2v) is 10.5. The van der Waals surface area contributed by atoms with Crippen LogP contribution < -0.4 is 5.32 Å². The molecule has 2 heterocycles. The van der Waals surface area contributed by atoms with Crippen LogP contribution in [0.25, 0.3) is 0 Å². The van der Waals surface area contributed by atoms with Gasteiger partial charge >= 0.3 is 0 Å². The van der Waals surface area contributed by atoms with Crippen molar-refractivity contribution < 1.29 is 13.8 Å². The molecule has 1 aromatic carbocycles. The third-order valence-corrected chi connectivity index (χ3v) is 8.08. The molecule has 166 valence electrons. The molecule has 5 atom stereocenters. The van der Waals surface area contributed by atoms with Gasteiger partial charge in [-0.1, -0.05) is 57.0 Å². The van der Waals surface area contributed by atoms with E-state index in [1.165, 1.54) is 5.56 Å². The normalized spacial score (nSPS) is 26.4. The van der Waals surface area contributed by atoms with Crippen molar-refractivity contribution >= 4 is 22.6 Å². The molecule has 2 amide bonds. The molecule has 1 N–H and O–H groups in total. The summed E-state index contributed by atoms with van der Waals surface area (Å²) in [5, 5.41) is 3.01. The molecule has 2 fully saturated rings. The maximum Gasteiger partial charge on any atom is 0.245 e. The molecule has 3 rings (SSSR count). The standard InChI is InChI=1S/C24H36N2O3S/c1-3-18(2)23(27)25-22-12-8-7-11-20-13-14-21(26(20)24(22)28)17-30(29)16-15-19-9-5-4-6-10-19/h4-6,9-10,18,20-22H,3,7-8,11-17H2,1-2H3,(H,25,27)/t18?,20-,21-,22-,30?/m0/s1. The van der Waals surface area contributed by atoms with Gasteiger partial charge in [0.2, 0.25) is 11.8 Å². The maximum atomic E-state index is 13.4. The summed E-state index contributed by atoms with van der Waals surface area (Å²) in [4.78, 5) is 27.8. The number of benzene rings is 1. The molecule has 6 heteroatoms. The molecule has 30 heavy (non-hydrogen) atoms. The molecule has 0 bridgehead atoms. The van der Waals surface area contributed by atoms with Gasteiger partial charge in [-0.25, -0.2) is 0 Å². The van der Waals surface area contributed by atoms with E-state index in [-0.39, 0.29) is 29.8 Å². The largest absolute Gasteiger partial charge is 0.344 e. The fraction of sp³-hybridized carbons (Fsp3) is 0.667. The van der Waals surface area contributed by atoms with E-state index in [9.17, 15) is 13.8 Å². The van der Waals surface area contributed by atoms with Crippen LogP contribution in [0.15, 0.2) is 30.3 Å². The van der Waals surface area contributed by atoms with Crippen molar-refractivity contribution in [3.05, 3.63) is 35.9 Å². The molecule has 0 radical (unpaired) electrons. The zero-order chi connectivity index (χ0) is 21.5. The van der Waals surface area contributed by atoms with E-state index < -0.39 is 16.8 Å². The number of rotatable bonds is 8. The Morgan fingerprint density at radius 3 is 2.63 bits per heavy atom. The first kappa shape index (κ1) is 23.0. The Labute approximate surface area is 183 Å². The molecule has 2 saturated heterocycles. The van der Waals surface area contributed by atoms with E-state index in [4.69, 9.17) is 0 Å². The lowest BCUT2D eigenvalue weighted by Gasteiger charge is -2.36. The van der Waals surface area contributed by atoms with Crippen molar-refractivity contribution in [3.63, 3.8) is 0 Å². The van der Waals surface area contributed by atoms with Crippen LogP contribution >= 0.6 is 0 Å².